The van der Waals surface area contributed by atoms with E-state index >= 15 is 0 Å². The SMILES string of the molecule is CNC(=O)c1nc(-c2cc3cn(C)nc3cc2O)nc2ccc(N3C[C@H](C)N[C@@H](C)C3)cc12. The molecule has 1 aliphatic rings. The van der Waals surface area contributed by atoms with Crippen molar-refractivity contribution in [3.05, 3.63) is 42.2 Å². The molecule has 5 rings (SSSR count). The molecule has 2 aromatic carbocycles. The zero-order chi connectivity index (χ0) is 23.3. The Labute approximate surface area is 191 Å². The zero-order valence-corrected chi connectivity index (χ0v) is 19.1. The molecule has 0 spiro atoms. The molecule has 3 heterocycles. The summed E-state index contributed by atoms with van der Waals surface area (Å²) in [7, 11) is 3.41. The number of carbonyl (C=O) groups is 1. The van der Waals surface area contributed by atoms with Gasteiger partial charge in [0, 0.05) is 68.0 Å². The van der Waals surface area contributed by atoms with Crippen LogP contribution in [0.3, 0.4) is 0 Å². The van der Waals surface area contributed by atoms with Gasteiger partial charge in [-0.1, -0.05) is 0 Å². The number of aromatic nitrogens is 4. The molecule has 0 bridgehead atoms. The topological polar surface area (TPSA) is 108 Å². The summed E-state index contributed by atoms with van der Waals surface area (Å²) in [6, 6.07) is 10.1. The molecule has 2 atom stereocenters. The number of hydrogen-bond donors (Lipinski definition) is 3. The molecule has 0 aliphatic carbocycles. The van der Waals surface area contributed by atoms with E-state index in [0.29, 0.717) is 39.9 Å². The average Bonchev–Trinajstić information content (AvgIpc) is 3.14. The third-order valence-electron chi connectivity index (χ3n) is 6.02. The monoisotopic (exact) mass is 445 g/mol. The van der Waals surface area contributed by atoms with Gasteiger partial charge < -0.3 is 20.6 Å². The van der Waals surface area contributed by atoms with Crippen molar-refractivity contribution in [1.29, 1.82) is 0 Å². The molecule has 0 radical (unpaired) electrons. The highest BCUT2D eigenvalue weighted by atomic mass is 16.3. The average molecular weight is 446 g/mol. The largest absolute Gasteiger partial charge is 0.507 e. The number of carbonyl (C=O) groups excluding carboxylic acids is 1. The Morgan fingerprint density at radius 1 is 1.12 bits per heavy atom. The van der Waals surface area contributed by atoms with Gasteiger partial charge in [-0.25, -0.2) is 9.97 Å². The molecule has 3 N–H and O–H groups in total. The van der Waals surface area contributed by atoms with Crippen LogP contribution in [0.25, 0.3) is 33.2 Å². The molecule has 1 fully saturated rings. The Kier molecular flexibility index (Phi) is 5.13. The van der Waals surface area contributed by atoms with E-state index in [2.05, 4.69) is 39.5 Å². The summed E-state index contributed by atoms with van der Waals surface area (Å²) in [6.07, 6.45) is 1.86. The third-order valence-corrected chi connectivity index (χ3v) is 6.02. The van der Waals surface area contributed by atoms with Crippen LogP contribution in [0.1, 0.15) is 24.3 Å². The van der Waals surface area contributed by atoms with Crippen molar-refractivity contribution < 1.29 is 9.90 Å². The number of nitrogens with one attached hydrogen (secondary N) is 2. The Balaban J connectivity index is 1.65. The molecule has 0 saturated carbocycles. The third kappa shape index (κ3) is 3.84. The summed E-state index contributed by atoms with van der Waals surface area (Å²) < 4.78 is 1.68. The van der Waals surface area contributed by atoms with Crippen LogP contribution >= 0.6 is 0 Å². The van der Waals surface area contributed by atoms with E-state index in [4.69, 9.17) is 4.98 Å². The highest BCUT2D eigenvalue weighted by molar-refractivity contribution is 6.05. The number of aromatic hydroxyl groups is 1. The predicted molar refractivity (Wildman–Crippen MR) is 129 cm³/mol. The Morgan fingerprint density at radius 3 is 2.61 bits per heavy atom. The van der Waals surface area contributed by atoms with Gasteiger partial charge in [-0.05, 0) is 38.1 Å². The normalized spacial score (nSPS) is 18.7. The van der Waals surface area contributed by atoms with E-state index in [1.54, 1.807) is 23.9 Å². The van der Waals surface area contributed by atoms with Crippen LogP contribution in [-0.4, -0.2) is 63.0 Å². The first kappa shape index (κ1) is 21.1. The summed E-state index contributed by atoms with van der Waals surface area (Å²) in [6.45, 7) is 6.09. The molecular formula is C24H27N7O2. The van der Waals surface area contributed by atoms with Crippen molar-refractivity contribution in [2.45, 2.75) is 25.9 Å². The van der Waals surface area contributed by atoms with Crippen LogP contribution in [0.4, 0.5) is 5.69 Å². The van der Waals surface area contributed by atoms with Gasteiger partial charge in [0.05, 0.1) is 16.6 Å². The molecule has 33 heavy (non-hydrogen) atoms. The predicted octanol–water partition coefficient (Wildman–Crippen LogP) is 2.44. The first-order chi connectivity index (χ1) is 15.8. The smallest absolute Gasteiger partial charge is 0.270 e. The van der Waals surface area contributed by atoms with Gasteiger partial charge in [0.1, 0.15) is 11.4 Å². The quantitative estimate of drug-likeness (QED) is 0.444. The standard InChI is InChI=1S/C24H27N7O2/c1-13-10-31(11-14(2)26-13)16-5-6-19-17(8-16)22(24(33)25-3)28-23(27-19)18-7-15-12-30(4)29-20(15)9-21(18)32/h5-9,12-14,26,32H,10-11H2,1-4H3,(H,25,33)/t13-,14-/m0/s1. The number of phenols is 1. The van der Waals surface area contributed by atoms with Gasteiger partial charge >= 0.3 is 0 Å². The lowest BCUT2D eigenvalue weighted by Crippen LogP contribution is -2.54. The number of fused-ring (bicyclic) bond motifs is 2. The van der Waals surface area contributed by atoms with Crippen LogP contribution in [0.15, 0.2) is 36.5 Å². The second-order valence-corrected chi connectivity index (χ2v) is 8.78. The maximum Gasteiger partial charge on any atom is 0.270 e. The highest BCUT2D eigenvalue weighted by Gasteiger charge is 2.23. The number of piperazine rings is 1. The number of phenolic OH excluding ortho intramolecular Hbond substituents is 1. The summed E-state index contributed by atoms with van der Waals surface area (Å²) in [4.78, 5) is 24.4. The highest BCUT2D eigenvalue weighted by Crippen LogP contribution is 2.33. The molecule has 0 unspecified atom stereocenters. The molecule has 1 aliphatic heterocycles. The fourth-order valence-corrected chi connectivity index (χ4v) is 4.63. The van der Waals surface area contributed by atoms with E-state index in [-0.39, 0.29) is 17.4 Å². The molecule has 170 valence electrons. The van der Waals surface area contributed by atoms with E-state index < -0.39 is 0 Å². The first-order valence-corrected chi connectivity index (χ1v) is 11.0. The molecule has 4 aromatic rings. The van der Waals surface area contributed by atoms with Crippen molar-refractivity contribution >= 4 is 33.4 Å². The fraction of sp³-hybridized carbons (Fsp3) is 0.333. The summed E-state index contributed by atoms with van der Waals surface area (Å²) in [5, 5.41) is 22.7. The van der Waals surface area contributed by atoms with Crippen molar-refractivity contribution in [2.24, 2.45) is 7.05 Å². The number of amides is 1. The number of benzene rings is 2. The van der Waals surface area contributed by atoms with Crippen LogP contribution in [0, 0.1) is 0 Å². The summed E-state index contributed by atoms with van der Waals surface area (Å²) in [5.41, 5.74) is 3.08. The van der Waals surface area contributed by atoms with Gasteiger partial charge in [0.15, 0.2) is 5.82 Å². The van der Waals surface area contributed by atoms with E-state index in [9.17, 15) is 9.90 Å². The Hall–Kier alpha value is -3.72. The van der Waals surface area contributed by atoms with Crippen LogP contribution in [-0.2, 0) is 7.05 Å². The van der Waals surface area contributed by atoms with Crippen molar-refractivity contribution in [2.75, 3.05) is 25.0 Å². The van der Waals surface area contributed by atoms with Gasteiger partial charge in [0.2, 0.25) is 0 Å². The van der Waals surface area contributed by atoms with Gasteiger partial charge in [-0.3, -0.25) is 9.48 Å². The fourth-order valence-electron chi connectivity index (χ4n) is 4.63. The minimum atomic E-state index is -0.301. The second-order valence-electron chi connectivity index (χ2n) is 8.78. The second kappa shape index (κ2) is 8.00. The molecule has 1 amide bonds. The van der Waals surface area contributed by atoms with Crippen molar-refractivity contribution in [1.82, 2.24) is 30.4 Å². The summed E-state index contributed by atoms with van der Waals surface area (Å²) in [5.74, 6) is 0.00938. The van der Waals surface area contributed by atoms with Gasteiger partial charge in [-0.15, -0.1) is 0 Å². The van der Waals surface area contributed by atoms with E-state index in [1.807, 2.05) is 31.4 Å². The Morgan fingerprint density at radius 2 is 1.88 bits per heavy atom. The van der Waals surface area contributed by atoms with Crippen molar-refractivity contribution in [3.63, 3.8) is 0 Å². The van der Waals surface area contributed by atoms with Gasteiger partial charge in [-0.2, -0.15) is 5.10 Å². The Bertz CT molecular complexity index is 1370. The lowest BCUT2D eigenvalue weighted by molar-refractivity contribution is 0.0960. The van der Waals surface area contributed by atoms with Crippen LogP contribution < -0.4 is 15.5 Å². The zero-order valence-electron chi connectivity index (χ0n) is 19.1. The molecule has 9 nitrogen and oxygen atoms in total. The summed E-state index contributed by atoms with van der Waals surface area (Å²) >= 11 is 0. The molecule has 2 aromatic heterocycles. The minimum Gasteiger partial charge on any atom is -0.507 e. The van der Waals surface area contributed by atoms with Crippen LogP contribution in [0.2, 0.25) is 0 Å². The lowest BCUT2D eigenvalue weighted by atomic mass is 10.1. The number of rotatable bonds is 3. The number of anilines is 1. The van der Waals surface area contributed by atoms with Gasteiger partial charge in [0.25, 0.3) is 5.91 Å². The van der Waals surface area contributed by atoms with Crippen molar-refractivity contribution in [3.8, 4) is 17.1 Å². The molecule has 1 saturated heterocycles. The van der Waals surface area contributed by atoms with E-state index in [0.717, 1.165) is 24.2 Å². The van der Waals surface area contributed by atoms with E-state index in [1.165, 1.54) is 0 Å². The molecule has 9 heteroatoms. The van der Waals surface area contributed by atoms with Crippen LogP contribution in [0.5, 0.6) is 5.75 Å². The first-order valence-electron chi connectivity index (χ1n) is 11.0. The minimum absolute atomic E-state index is 0.0174. The number of hydrogen-bond acceptors (Lipinski definition) is 7. The maximum absolute atomic E-state index is 12.8. The lowest BCUT2D eigenvalue weighted by Gasteiger charge is -2.37. The number of nitrogens with zero attached hydrogens (tertiary/aromatic N) is 5. The number of aryl methyl sites for hydroxylation is 1. The molecular weight excluding hydrogens is 418 g/mol. The maximum atomic E-state index is 12.8.